The van der Waals surface area contributed by atoms with E-state index in [1.165, 1.54) is 25.7 Å². The molecule has 21 heavy (non-hydrogen) atoms. The average molecular weight is 302 g/mol. The summed E-state index contributed by atoms with van der Waals surface area (Å²) in [4.78, 5) is 0. The van der Waals surface area contributed by atoms with Gasteiger partial charge in [0.15, 0.2) is 0 Å². The molecule has 1 unspecified atom stereocenters. The largest absolute Gasteiger partial charge is 0.248 e. The van der Waals surface area contributed by atoms with Gasteiger partial charge in [-0.25, -0.2) is 8.78 Å². The molecule has 0 bridgehead atoms. The zero-order valence-corrected chi connectivity index (χ0v) is 14.8. The Balaban J connectivity index is 0.000000211. The third kappa shape index (κ3) is 7.10. The first-order valence-corrected chi connectivity index (χ1v) is 9.09. The molecule has 0 aromatic heterocycles. The van der Waals surface area contributed by atoms with Crippen LogP contribution in [0.1, 0.15) is 86.0 Å². The Morgan fingerprint density at radius 3 is 1.71 bits per heavy atom. The standard InChI is InChI=1S/C10H20.C9H16F2/c1-8(2)10-6-4-9(3)5-7-10;1-7(2)8-4-3-5-9(10,11)6-8/h8-10H,4-7H2,1-3H3;7-8H,3-6H2,1-2H3. The molecule has 0 aliphatic heterocycles. The van der Waals surface area contributed by atoms with Crippen molar-refractivity contribution in [1.29, 1.82) is 0 Å². The summed E-state index contributed by atoms with van der Waals surface area (Å²) in [5.41, 5.74) is 0. The molecule has 2 saturated carbocycles. The van der Waals surface area contributed by atoms with Crippen LogP contribution in [0.5, 0.6) is 0 Å². The van der Waals surface area contributed by atoms with Crippen LogP contribution in [0.4, 0.5) is 8.78 Å². The fraction of sp³-hybridized carbons (Fsp3) is 1.00. The van der Waals surface area contributed by atoms with Crippen LogP contribution in [0.3, 0.4) is 0 Å². The predicted octanol–water partition coefficient (Wildman–Crippen LogP) is 6.94. The highest BCUT2D eigenvalue weighted by molar-refractivity contribution is 4.79. The monoisotopic (exact) mass is 302 g/mol. The second kappa shape index (κ2) is 8.48. The normalized spacial score (nSPS) is 32.7. The van der Waals surface area contributed by atoms with Crippen LogP contribution in [0.2, 0.25) is 0 Å². The summed E-state index contributed by atoms with van der Waals surface area (Å²) in [6.45, 7) is 11.2. The maximum absolute atomic E-state index is 12.8. The molecular weight excluding hydrogens is 266 g/mol. The first-order valence-electron chi connectivity index (χ1n) is 9.09. The minimum Gasteiger partial charge on any atom is -0.207 e. The fourth-order valence-corrected chi connectivity index (χ4v) is 3.73. The minimum atomic E-state index is -2.37. The van der Waals surface area contributed by atoms with Crippen molar-refractivity contribution in [2.24, 2.45) is 29.6 Å². The maximum atomic E-state index is 12.8. The minimum absolute atomic E-state index is 0.107. The highest BCUT2D eigenvalue weighted by atomic mass is 19.3. The van der Waals surface area contributed by atoms with Gasteiger partial charge < -0.3 is 0 Å². The van der Waals surface area contributed by atoms with Crippen LogP contribution in [0.15, 0.2) is 0 Å². The van der Waals surface area contributed by atoms with Gasteiger partial charge in [0.25, 0.3) is 0 Å². The van der Waals surface area contributed by atoms with Crippen molar-refractivity contribution in [2.75, 3.05) is 0 Å². The van der Waals surface area contributed by atoms with Gasteiger partial charge >= 0.3 is 0 Å². The number of hydrogen-bond donors (Lipinski definition) is 0. The molecule has 0 amide bonds. The SMILES string of the molecule is CC(C)C1CCCC(F)(F)C1.CC1CCC(C(C)C)CC1. The molecule has 0 N–H and O–H groups in total. The van der Waals surface area contributed by atoms with E-state index >= 15 is 0 Å². The van der Waals surface area contributed by atoms with E-state index in [1.54, 1.807) is 0 Å². The summed E-state index contributed by atoms with van der Waals surface area (Å²) >= 11 is 0. The van der Waals surface area contributed by atoms with E-state index in [-0.39, 0.29) is 18.8 Å². The zero-order valence-electron chi connectivity index (χ0n) is 14.8. The summed E-state index contributed by atoms with van der Waals surface area (Å²) in [5, 5.41) is 0. The molecule has 2 fully saturated rings. The molecule has 1 atom stereocenters. The van der Waals surface area contributed by atoms with Gasteiger partial charge in [-0.2, -0.15) is 0 Å². The van der Waals surface area contributed by atoms with Crippen LogP contribution >= 0.6 is 0 Å². The fourth-order valence-electron chi connectivity index (χ4n) is 3.73. The van der Waals surface area contributed by atoms with Crippen LogP contribution < -0.4 is 0 Å². The molecule has 2 aliphatic carbocycles. The topological polar surface area (TPSA) is 0 Å². The van der Waals surface area contributed by atoms with Gasteiger partial charge in [0.1, 0.15) is 0 Å². The second-order valence-electron chi connectivity index (χ2n) is 8.22. The molecule has 2 heteroatoms. The molecule has 0 nitrogen and oxygen atoms in total. The van der Waals surface area contributed by atoms with E-state index in [9.17, 15) is 8.78 Å². The zero-order chi connectivity index (χ0) is 16.0. The molecule has 126 valence electrons. The van der Waals surface area contributed by atoms with E-state index in [0.717, 1.165) is 24.2 Å². The quantitative estimate of drug-likeness (QED) is 0.518. The van der Waals surface area contributed by atoms with Crippen LogP contribution in [0.25, 0.3) is 0 Å². The smallest absolute Gasteiger partial charge is 0.207 e. The van der Waals surface area contributed by atoms with Crippen LogP contribution in [0, 0.1) is 29.6 Å². The van der Waals surface area contributed by atoms with Crippen molar-refractivity contribution in [1.82, 2.24) is 0 Å². The van der Waals surface area contributed by atoms with Gasteiger partial charge in [0.2, 0.25) is 5.92 Å². The average Bonchev–Trinajstić information content (AvgIpc) is 2.38. The second-order valence-corrected chi connectivity index (χ2v) is 8.22. The first kappa shape index (κ1) is 18.9. The van der Waals surface area contributed by atoms with Crippen molar-refractivity contribution < 1.29 is 8.78 Å². The van der Waals surface area contributed by atoms with Crippen molar-refractivity contribution in [2.45, 2.75) is 91.9 Å². The van der Waals surface area contributed by atoms with Gasteiger partial charge in [-0.05, 0) is 55.3 Å². The van der Waals surface area contributed by atoms with Crippen molar-refractivity contribution in [3.63, 3.8) is 0 Å². The van der Waals surface area contributed by atoms with E-state index in [4.69, 9.17) is 0 Å². The summed E-state index contributed by atoms with van der Waals surface area (Å²) in [7, 11) is 0. The summed E-state index contributed by atoms with van der Waals surface area (Å²) in [6.07, 6.45) is 7.84. The summed E-state index contributed by atoms with van der Waals surface area (Å²) in [5.74, 6) is 1.27. The Morgan fingerprint density at radius 1 is 0.810 bits per heavy atom. The van der Waals surface area contributed by atoms with Gasteiger partial charge in [-0.15, -0.1) is 0 Å². The highest BCUT2D eigenvalue weighted by Gasteiger charge is 2.36. The maximum Gasteiger partial charge on any atom is 0.248 e. The van der Waals surface area contributed by atoms with Crippen molar-refractivity contribution in [3.05, 3.63) is 0 Å². The highest BCUT2D eigenvalue weighted by Crippen LogP contribution is 2.39. The summed E-state index contributed by atoms with van der Waals surface area (Å²) < 4.78 is 25.6. The molecule has 2 rings (SSSR count). The Labute approximate surface area is 131 Å². The molecule has 0 aromatic carbocycles. The van der Waals surface area contributed by atoms with Crippen LogP contribution in [-0.4, -0.2) is 5.92 Å². The number of rotatable bonds is 2. The Kier molecular flexibility index (Phi) is 7.64. The van der Waals surface area contributed by atoms with Gasteiger partial charge in [-0.1, -0.05) is 47.5 Å². The number of halogens is 2. The lowest BCUT2D eigenvalue weighted by Crippen LogP contribution is -2.28. The van der Waals surface area contributed by atoms with Crippen molar-refractivity contribution >= 4 is 0 Å². The summed E-state index contributed by atoms with van der Waals surface area (Å²) in [6, 6.07) is 0. The predicted molar refractivity (Wildman–Crippen MR) is 87.7 cm³/mol. The Morgan fingerprint density at radius 2 is 1.33 bits per heavy atom. The molecular formula is C19H36F2. The van der Waals surface area contributed by atoms with E-state index in [2.05, 4.69) is 20.8 Å². The van der Waals surface area contributed by atoms with Gasteiger partial charge in [0, 0.05) is 12.8 Å². The first-order chi connectivity index (χ1) is 9.71. The lowest BCUT2D eigenvalue weighted by atomic mass is 9.78. The Bertz CT molecular complexity index is 275. The number of hydrogen-bond acceptors (Lipinski definition) is 0. The third-order valence-electron chi connectivity index (χ3n) is 5.62. The molecule has 0 heterocycles. The molecule has 0 spiro atoms. The van der Waals surface area contributed by atoms with E-state index < -0.39 is 5.92 Å². The van der Waals surface area contributed by atoms with E-state index in [0.29, 0.717) is 12.3 Å². The van der Waals surface area contributed by atoms with E-state index in [1.807, 2.05) is 13.8 Å². The molecule has 0 saturated heterocycles. The third-order valence-corrected chi connectivity index (χ3v) is 5.62. The molecule has 0 aromatic rings. The Hall–Kier alpha value is -0.140. The molecule has 2 aliphatic rings. The van der Waals surface area contributed by atoms with Gasteiger partial charge in [0.05, 0.1) is 0 Å². The number of alkyl halides is 2. The molecule has 0 radical (unpaired) electrons. The van der Waals surface area contributed by atoms with Gasteiger partial charge in [-0.3, -0.25) is 0 Å². The lowest BCUT2D eigenvalue weighted by molar-refractivity contribution is -0.0595. The van der Waals surface area contributed by atoms with Crippen LogP contribution in [-0.2, 0) is 0 Å². The van der Waals surface area contributed by atoms with Crippen molar-refractivity contribution in [3.8, 4) is 0 Å². The lowest BCUT2D eigenvalue weighted by Gasteiger charge is -2.31.